The molecule has 1 heterocycles. The van der Waals surface area contributed by atoms with Crippen molar-refractivity contribution < 1.29 is 19.4 Å². The zero-order valence-electron chi connectivity index (χ0n) is 11.3. The summed E-state index contributed by atoms with van der Waals surface area (Å²) in [4.78, 5) is 25.3. The number of aromatic carboxylic acids is 1. The Morgan fingerprint density at radius 2 is 1.95 bits per heavy atom. The molecule has 2 unspecified atom stereocenters. The van der Waals surface area contributed by atoms with Crippen molar-refractivity contribution in [1.82, 2.24) is 4.90 Å². The number of ether oxygens (including phenoxy) is 1. The van der Waals surface area contributed by atoms with Gasteiger partial charge in [0.2, 0.25) is 0 Å². The molecule has 2 atom stereocenters. The number of carbonyl (C=O) groups is 2. The smallest absolute Gasteiger partial charge is 0.335 e. The molecule has 1 saturated heterocycles. The van der Waals surface area contributed by atoms with Gasteiger partial charge < -0.3 is 14.7 Å². The Kier molecular flexibility index (Phi) is 4.45. The second kappa shape index (κ2) is 5.93. The molecule has 0 spiro atoms. The Morgan fingerprint density at radius 1 is 1.30 bits per heavy atom. The predicted molar refractivity (Wildman–Crippen MR) is 77.0 cm³/mol. The summed E-state index contributed by atoms with van der Waals surface area (Å²) in [5.41, 5.74) is 0.467. The molecule has 1 aliphatic rings. The normalized spacial score (nSPS) is 22.6. The summed E-state index contributed by atoms with van der Waals surface area (Å²) in [6, 6.07) is 4.50. The zero-order valence-corrected chi connectivity index (χ0v) is 12.9. The lowest BCUT2D eigenvalue weighted by Crippen LogP contribution is -2.50. The molecular formula is C14H16BrNO4. The van der Waals surface area contributed by atoms with Gasteiger partial charge in [-0.05, 0) is 32.0 Å². The van der Waals surface area contributed by atoms with Crippen LogP contribution in [0.4, 0.5) is 0 Å². The topological polar surface area (TPSA) is 66.8 Å². The van der Waals surface area contributed by atoms with Crippen molar-refractivity contribution in [2.75, 3.05) is 13.2 Å². The van der Waals surface area contributed by atoms with Crippen LogP contribution < -0.4 is 0 Å². The first kappa shape index (κ1) is 15.0. The standard InChI is InChI=1S/C14H16BrNO4/c1-8-7-20-9(2)6-16(8)13(17)10-3-11(14(18)19)5-12(15)4-10/h3-5,8-9H,6-7H2,1-2H3,(H,18,19). The SMILES string of the molecule is CC1CN(C(=O)c2cc(Br)cc(C(=O)O)c2)C(C)CO1. The van der Waals surface area contributed by atoms with Crippen molar-refractivity contribution in [3.05, 3.63) is 33.8 Å². The van der Waals surface area contributed by atoms with Gasteiger partial charge in [0.1, 0.15) is 0 Å². The van der Waals surface area contributed by atoms with Gasteiger partial charge in [-0.1, -0.05) is 15.9 Å². The fraction of sp³-hybridized carbons (Fsp3) is 0.429. The number of nitrogens with zero attached hydrogens (tertiary/aromatic N) is 1. The predicted octanol–water partition coefficient (Wildman–Crippen LogP) is 2.40. The molecule has 108 valence electrons. The minimum Gasteiger partial charge on any atom is -0.478 e. The maximum Gasteiger partial charge on any atom is 0.335 e. The van der Waals surface area contributed by atoms with Gasteiger partial charge in [-0.3, -0.25) is 4.79 Å². The molecule has 0 aliphatic carbocycles. The van der Waals surface area contributed by atoms with E-state index in [1.807, 2.05) is 13.8 Å². The molecule has 0 saturated carbocycles. The molecule has 0 radical (unpaired) electrons. The van der Waals surface area contributed by atoms with Crippen LogP contribution in [0.3, 0.4) is 0 Å². The van der Waals surface area contributed by atoms with E-state index in [9.17, 15) is 9.59 Å². The molecule has 1 aromatic rings. The van der Waals surface area contributed by atoms with Crippen LogP contribution in [0.5, 0.6) is 0 Å². The fourth-order valence-electron chi connectivity index (χ4n) is 2.19. The van der Waals surface area contributed by atoms with E-state index in [1.165, 1.54) is 12.1 Å². The van der Waals surface area contributed by atoms with E-state index < -0.39 is 5.97 Å². The van der Waals surface area contributed by atoms with Crippen LogP contribution in [0.15, 0.2) is 22.7 Å². The van der Waals surface area contributed by atoms with Crippen LogP contribution in [-0.4, -0.2) is 47.2 Å². The monoisotopic (exact) mass is 341 g/mol. The molecule has 1 N–H and O–H groups in total. The van der Waals surface area contributed by atoms with Crippen LogP contribution in [-0.2, 0) is 4.74 Å². The van der Waals surface area contributed by atoms with E-state index in [-0.39, 0.29) is 23.6 Å². The molecule has 0 aromatic heterocycles. The number of morpholine rings is 1. The number of rotatable bonds is 2. The number of halogens is 1. The largest absolute Gasteiger partial charge is 0.478 e. The molecule has 1 amide bonds. The third kappa shape index (κ3) is 3.19. The van der Waals surface area contributed by atoms with Crippen LogP contribution in [0.1, 0.15) is 34.6 Å². The minimum absolute atomic E-state index is 0.0127. The Morgan fingerprint density at radius 3 is 2.60 bits per heavy atom. The minimum atomic E-state index is -1.05. The van der Waals surface area contributed by atoms with Crippen LogP contribution in [0.2, 0.25) is 0 Å². The Hall–Kier alpha value is -1.40. The van der Waals surface area contributed by atoms with Gasteiger partial charge in [-0.25, -0.2) is 4.79 Å². The molecule has 6 heteroatoms. The number of benzene rings is 1. The number of carbonyl (C=O) groups excluding carboxylic acids is 1. The third-order valence-corrected chi connectivity index (χ3v) is 3.72. The number of hydrogen-bond donors (Lipinski definition) is 1. The van der Waals surface area contributed by atoms with E-state index >= 15 is 0 Å². The second-order valence-electron chi connectivity index (χ2n) is 4.98. The van der Waals surface area contributed by atoms with E-state index in [0.29, 0.717) is 23.2 Å². The fourth-order valence-corrected chi connectivity index (χ4v) is 2.68. The first-order valence-corrected chi connectivity index (χ1v) is 7.14. The van der Waals surface area contributed by atoms with Crippen molar-refractivity contribution in [3.63, 3.8) is 0 Å². The molecular weight excluding hydrogens is 326 g/mol. The Bertz CT molecular complexity index is 546. The lowest BCUT2D eigenvalue weighted by atomic mass is 10.1. The van der Waals surface area contributed by atoms with Crippen LogP contribution in [0.25, 0.3) is 0 Å². The average molecular weight is 342 g/mol. The Balaban J connectivity index is 2.30. The van der Waals surface area contributed by atoms with Gasteiger partial charge in [-0.15, -0.1) is 0 Å². The van der Waals surface area contributed by atoms with E-state index in [0.717, 1.165) is 0 Å². The third-order valence-electron chi connectivity index (χ3n) is 3.26. The number of amides is 1. The van der Waals surface area contributed by atoms with Crippen LogP contribution in [0, 0.1) is 0 Å². The highest BCUT2D eigenvalue weighted by Gasteiger charge is 2.28. The molecule has 5 nitrogen and oxygen atoms in total. The first-order chi connectivity index (χ1) is 9.38. The van der Waals surface area contributed by atoms with Gasteiger partial charge in [0.25, 0.3) is 5.91 Å². The Labute approximate surface area is 125 Å². The van der Waals surface area contributed by atoms with E-state index in [4.69, 9.17) is 9.84 Å². The highest BCUT2D eigenvalue weighted by atomic mass is 79.9. The highest BCUT2D eigenvalue weighted by Crippen LogP contribution is 2.20. The van der Waals surface area contributed by atoms with Gasteiger partial charge in [-0.2, -0.15) is 0 Å². The quantitative estimate of drug-likeness (QED) is 0.896. The van der Waals surface area contributed by atoms with Gasteiger partial charge in [0.15, 0.2) is 0 Å². The van der Waals surface area contributed by atoms with Crippen molar-refractivity contribution in [2.45, 2.75) is 26.0 Å². The number of carboxylic acids is 1. The highest BCUT2D eigenvalue weighted by molar-refractivity contribution is 9.10. The molecule has 2 rings (SSSR count). The average Bonchev–Trinajstić information content (AvgIpc) is 2.40. The van der Waals surface area contributed by atoms with Crippen molar-refractivity contribution in [1.29, 1.82) is 0 Å². The van der Waals surface area contributed by atoms with Gasteiger partial charge >= 0.3 is 5.97 Å². The summed E-state index contributed by atoms with van der Waals surface area (Å²) in [5, 5.41) is 9.05. The summed E-state index contributed by atoms with van der Waals surface area (Å²) >= 11 is 3.24. The summed E-state index contributed by atoms with van der Waals surface area (Å²) in [6.45, 7) is 4.83. The summed E-state index contributed by atoms with van der Waals surface area (Å²) in [6.07, 6.45) is -0.0127. The van der Waals surface area contributed by atoms with Gasteiger partial charge in [0.05, 0.1) is 24.3 Å². The van der Waals surface area contributed by atoms with Crippen molar-refractivity contribution in [3.8, 4) is 0 Å². The summed E-state index contributed by atoms with van der Waals surface area (Å²) in [5.74, 6) is -1.22. The second-order valence-corrected chi connectivity index (χ2v) is 5.90. The molecule has 1 aliphatic heterocycles. The first-order valence-electron chi connectivity index (χ1n) is 6.35. The zero-order chi connectivity index (χ0) is 14.9. The van der Waals surface area contributed by atoms with Crippen molar-refractivity contribution in [2.24, 2.45) is 0 Å². The van der Waals surface area contributed by atoms with Crippen LogP contribution >= 0.6 is 15.9 Å². The lowest BCUT2D eigenvalue weighted by molar-refractivity contribution is -0.0387. The number of carboxylic acid groups (broad SMARTS) is 1. The maximum atomic E-state index is 12.5. The molecule has 0 bridgehead atoms. The summed E-state index contributed by atoms with van der Waals surface area (Å²) in [7, 11) is 0. The summed E-state index contributed by atoms with van der Waals surface area (Å²) < 4.78 is 6.07. The van der Waals surface area contributed by atoms with Gasteiger partial charge in [0, 0.05) is 16.6 Å². The van der Waals surface area contributed by atoms with E-state index in [2.05, 4.69) is 15.9 Å². The lowest BCUT2D eigenvalue weighted by Gasteiger charge is -2.36. The molecule has 20 heavy (non-hydrogen) atoms. The molecule has 1 fully saturated rings. The number of hydrogen-bond acceptors (Lipinski definition) is 3. The maximum absolute atomic E-state index is 12.5. The van der Waals surface area contributed by atoms with E-state index in [1.54, 1.807) is 11.0 Å². The van der Waals surface area contributed by atoms with Crippen molar-refractivity contribution >= 4 is 27.8 Å². The molecule has 1 aromatic carbocycles.